The molecule has 1 nitrogen and oxygen atoms in total. The predicted molar refractivity (Wildman–Crippen MR) is 73.3 cm³/mol. The molecule has 3 heteroatoms. The molecule has 0 saturated carbocycles. The highest BCUT2D eigenvalue weighted by Crippen LogP contribution is 2.23. The number of halogens is 2. The molecule has 0 bridgehead atoms. The molecule has 0 radical (unpaired) electrons. The molecule has 0 spiro atoms. The van der Waals surface area contributed by atoms with Crippen molar-refractivity contribution in [1.29, 1.82) is 0 Å². The molecular formula is C13H17Cl2N. The summed E-state index contributed by atoms with van der Waals surface area (Å²) in [4.78, 5) is 0. The summed E-state index contributed by atoms with van der Waals surface area (Å²) in [6.45, 7) is 4.27. The van der Waals surface area contributed by atoms with Crippen LogP contribution in [0.3, 0.4) is 0 Å². The zero-order valence-electron chi connectivity index (χ0n) is 9.47. The first-order valence-corrected chi connectivity index (χ1v) is 6.32. The van der Waals surface area contributed by atoms with Gasteiger partial charge in [-0.3, -0.25) is 0 Å². The molecule has 0 amide bonds. The molecule has 0 unspecified atom stereocenters. The monoisotopic (exact) mass is 257 g/mol. The Morgan fingerprint density at radius 3 is 2.69 bits per heavy atom. The van der Waals surface area contributed by atoms with E-state index in [1.54, 1.807) is 0 Å². The van der Waals surface area contributed by atoms with Crippen LogP contribution in [-0.2, 0) is 0 Å². The van der Waals surface area contributed by atoms with Crippen molar-refractivity contribution in [2.24, 2.45) is 0 Å². The first kappa shape index (κ1) is 13.6. The zero-order valence-corrected chi connectivity index (χ0v) is 11.0. The van der Waals surface area contributed by atoms with Crippen LogP contribution in [0.5, 0.6) is 0 Å². The van der Waals surface area contributed by atoms with Crippen molar-refractivity contribution in [3.05, 3.63) is 39.9 Å². The number of hydrogen-bond acceptors (Lipinski definition) is 1. The van der Waals surface area contributed by atoms with E-state index < -0.39 is 0 Å². The highest BCUT2D eigenvalue weighted by molar-refractivity contribution is 6.42. The van der Waals surface area contributed by atoms with Gasteiger partial charge < -0.3 is 5.32 Å². The van der Waals surface area contributed by atoms with E-state index in [9.17, 15) is 0 Å². The van der Waals surface area contributed by atoms with Crippen LogP contribution in [0.15, 0.2) is 24.3 Å². The van der Waals surface area contributed by atoms with Crippen molar-refractivity contribution in [2.45, 2.75) is 19.8 Å². The summed E-state index contributed by atoms with van der Waals surface area (Å²) in [6, 6.07) is 5.66. The third kappa shape index (κ3) is 5.02. The van der Waals surface area contributed by atoms with Crippen LogP contribution >= 0.6 is 23.2 Å². The first-order valence-electron chi connectivity index (χ1n) is 5.56. The molecular weight excluding hydrogens is 241 g/mol. The molecule has 0 heterocycles. The van der Waals surface area contributed by atoms with E-state index in [-0.39, 0.29) is 0 Å². The maximum Gasteiger partial charge on any atom is 0.0598 e. The normalized spacial score (nSPS) is 11.2. The van der Waals surface area contributed by atoms with Gasteiger partial charge in [-0.15, -0.1) is 0 Å². The van der Waals surface area contributed by atoms with E-state index in [2.05, 4.69) is 24.4 Å². The van der Waals surface area contributed by atoms with E-state index in [4.69, 9.17) is 23.2 Å². The molecule has 0 aliphatic rings. The minimum Gasteiger partial charge on any atom is -0.316 e. The quantitative estimate of drug-likeness (QED) is 0.746. The predicted octanol–water partition coefficient (Wildman–Crippen LogP) is 4.40. The molecule has 1 aromatic carbocycles. The first-order chi connectivity index (χ1) is 7.74. The summed E-state index contributed by atoms with van der Waals surface area (Å²) in [5, 5.41) is 4.55. The van der Waals surface area contributed by atoms with Gasteiger partial charge in [-0.2, -0.15) is 0 Å². The molecule has 0 fully saturated rings. The summed E-state index contributed by atoms with van der Waals surface area (Å²) in [5.41, 5.74) is 1.09. The van der Waals surface area contributed by atoms with E-state index in [1.807, 2.05) is 18.2 Å². The summed E-state index contributed by atoms with van der Waals surface area (Å²) in [7, 11) is 0. The Labute approximate surface area is 107 Å². The minimum atomic E-state index is 0.600. The molecule has 1 aromatic rings. The summed E-state index contributed by atoms with van der Waals surface area (Å²) in [6.07, 6.45) is 6.41. The van der Waals surface area contributed by atoms with E-state index in [0.29, 0.717) is 10.0 Å². The average Bonchev–Trinajstić information content (AvgIpc) is 2.28. The molecule has 0 saturated heterocycles. The fraction of sp³-hybridized carbons (Fsp3) is 0.385. The van der Waals surface area contributed by atoms with Gasteiger partial charge in [0.25, 0.3) is 0 Å². The third-order valence-electron chi connectivity index (χ3n) is 2.17. The Balaban J connectivity index is 2.35. The summed E-state index contributed by atoms with van der Waals surface area (Å²) < 4.78 is 0. The molecule has 0 aliphatic carbocycles. The highest BCUT2D eigenvalue weighted by Gasteiger charge is 1.96. The smallest absolute Gasteiger partial charge is 0.0598 e. The van der Waals surface area contributed by atoms with Crippen molar-refractivity contribution in [1.82, 2.24) is 5.32 Å². The zero-order chi connectivity index (χ0) is 11.8. The molecule has 1 N–H and O–H groups in total. The van der Waals surface area contributed by atoms with Crippen LogP contribution in [0.4, 0.5) is 0 Å². The Morgan fingerprint density at radius 2 is 2.00 bits per heavy atom. The fourth-order valence-corrected chi connectivity index (χ4v) is 1.63. The van der Waals surface area contributed by atoms with Crippen LogP contribution < -0.4 is 5.32 Å². The van der Waals surface area contributed by atoms with Gasteiger partial charge in [0.1, 0.15) is 0 Å². The van der Waals surface area contributed by atoms with Crippen molar-refractivity contribution < 1.29 is 0 Å². The van der Waals surface area contributed by atoms with Gasteiger partial charge in [0.15, 0.2) is 0 Å². The van der Waals surface area contributed by atoms with Crippen molar-refractivity contribution in [3.63, 3.8) is 0 Å². The van der Waals surface area contributed by atoms with Crippen LogP contribution in [-0.4, -0.2) is 13.1 Å². The minimum absolute atomic E-state index is 0.600. The Kier molecular flexibility index (Phi) is 6.55. The summed E-state index contributed by atoms with van der Waals surface area (Å²) in [5.74, 6) is 0. The molecule has 0 aliphatic heterocycles. The van der Waals surface area contributed by atoms with Crippen LogP contribution in [0, 0.1) is 0 Å². The lowest BCUT2D eigenvalue weighted by molar-refractivity contribution is 0.679. The van der Waals surface area contributed by atoms with Gasteiger partial charge in [-0.1, -0.05) is 48.3 Å². The van der Waals surface area contributed by atoms with Gasteiger partial charge in [-0.25, -0.2) is 0 Å². The lowest BCUT2D eigenvalue weighted by Crippen LogP contribution is -2.14. The second-order valence-corrected chi connectivity index (χ2v) is 4.43. The number of rotatable bonds is 6. The average molecular weight is 258 g/mol. The second kappa shape index (κ2) is 7.72. The Bertz CT molecular complexity index is 348. The van der Waals surface area contributed by atoms with Gasteiger partial charge in [0, 0.05) is 0 Å². The van der Waals surface area contributed by atoms with E-state index in [1.165, 1.54) is 6.42 Å². The third-order valence-corrected chi connectivity index (χ3v) is 2.91. The number of benzene rings is 1. The van der Waals surface area contributed by atoms with Gasteiger partial charge in [-0.05, 0) is 43.6 Å². The number of hydrogen-bond donors (Lipinski definition) is 1. The highest BCUT2D eigenvalue weighted by atomic mass is 35.5. The van der Waals surface area contributed by atoms with Crippen LogP contribution in [0.25, 0.3) is 6.08 Å². The van der Waals surface area contributed by atoms with Crippen LogP contribution in [0.1, 0.15) is 25.3 Å². The van der Waals surface area contributed by atoms with Crippen molar-refractivity contribution >= 4 is 29.3 Å². The van der Waals surface area contributed by atoms with Crippen molar-refractivity contribution in [3.8, 4) is 0 Å². The van der Waals surface area contributed by atoms with Gasteiger partial charge in [0.2, 0.25) is 0 Å². The lowest BCUT2D eigenvalue weighted by Gasteiger charge is -1.99. The fourth-order valence-electron chi connectivity index (χ4n) is 1.32. The standard InChI is InChI=1S/C13H17Cl2N/c1-2-8-16-9-4-3-5-11-6-7-12(14)13(15)10-11/h3,5-7,10,16H,2,4,8-9H2,1H3. The van der Waals surface area contributed by atoms with E-state index in [0.717, 1.165) is 25.1 Å². The SMILES string of the molecule is CCCNCCC=Cc1ccc(Cl)c(Cl)c1. The lowest BCUT2D eigenvalue weighted by atomic mass is 10.2. The molecule has 0 atom stereocenters. The maximum atomic E-state index is 5.92. The Morgan fingerprint density at radius 1 is 1.19 bits per heavy atom. The van der Waals surface area contributed by atoms with Crippen LogP contribution in [0.2, 0.25) is 10.0 Å². The molecule has 88 valence electrons. The largest absolute Gasteiger partial charge is 0.316 e. The summed E-state index contributed by atoms with van der Waals surface area (Å²) >= 11 is 11.8. The maximum absolute atomic E-state index is 5.92. The molecule has 16 heavy (non-hydrogen) atoms. The molecule has 1 rings (SSSR count). The second-order valence-electron chi connectivity index (χ2n) is 3.61. The topological polar surface area (TPSA) is 12.0 Å². The number of nitrogens with one attached hydrogen (secondary N) is 1. The van der Waals surface area contributed by atoms with E-state index >= 15 is 0 Å². The Hall–Kier alpha value is -0.500. The van der Waals surface area contributed by atoms with Gasteiger partial charge >= 0.3 is 0 Å². The van der Waals surface area contributed by atoms with Gasteiger partial charge in [0.05, 0.1) is 10.0 Å². The van der Waals surface area contributed by atoms with Crippen molar-refractivity contribution in [2.75, 3.05) is 13.1 Å². The molecule has 0 aromatic heterocycles.